The summed E-state index contributed by atoms with van der Waals surface area (Å²) in [5.41, 5.74) is 0. The van der Waals surface area contributed by atoms with Crippen LogP contribution in [0, 0.1) is 5.92 Å². The predicted molar refractivity (Wildman–Crippen MR) is 93.6 cm³/mol. The number of hydrogen-bond acceptors (Lipinski definition) is 3. The molecule has 1 aliphatic rings. The molecule has 1 saturated heterocycles. The summed E-state index contributed by atoms with van der Waals surface area (Å²) < 4.78 is 5.71. The molecule has 0 aromatic heterocycles. The summed E-state index contributed by atoms with van der Waals surface area (Å²) in [5.74, 6) is 1.72. The molecule has 0 radical (unpaired) electrons. The molecule has 0 unspecified atom stereocenters. The highest BCUT2D eigenvalue weighted by Gasteiger charge is 2.20. The van der Waals surface area contributed by atoms with Gasteiger partial charge < -0.3 is 15.0 Å². The molecule has 23 heavy (non-hydrogen) atoms. The van der Waals surface area contributed by atoms with E-state index in [4.69, 9.17) is 4.74 Å². The molecule has 0 spiro atoms. The molecule has 0 bridgehead atoms. The molecule has 1 amide bonds. The summed E-state index contributed by atoms with van der Waals surface area (Å²) in [6, 6.07) is 10.0. The molecule has 1 aromatic rings. The van der Waals surface area contributed by atoms with E-state index >= 15 is 0 Å². The molecule has 1 aromatic carbocycles. The lowest BCUT2D eigenvalue weighted by atomic mass is 9.93. The molecule has 128 valence electrons. The second kappa shape index (κ2) is 10.3. The van der Waals surface area contributed by atoms with Crippen molar-refractivity contribution in [3.05, 3.63) is 30.3 Å². The molecule has 2 rings (SSSR count). The van der Waals surface area contributed by atoms with Crippen molar-refractivity contribution in [2.45, 2.75) is 38.5 Å². The van der Waals surface area contributed by atoms with E-state index in [0.717, 1.165) is 44.7 Å². The third kappa shape index (κ3) is 7.04. The third-order valence-corrected chi connectivity index (χ3v) is 4.59. The SMILES string of the molecule is CNC(=O)CC1CCN(CCCCCOc2ccccc2)CC1. The molecule has 1 aliphatic heterocycles. The van der Waals surface area contributed by atoms with Crippen LogP contribution in [0.5, 0.6) is 5.75 Å². The van der Waals surface area contributed by atoms with Crippen molar-refractivity contribution in [1.29, 1.82) is 0 Å². The maximum absolute atomic E-state index is 11.4. The number of benzene rings is 1. The average Bonchev–Trinajstić information content (AvgIpc) is 2.60. The minimum absolute atomic E-state index is 0.182. The molecule has 1 heterocycles. The van der Waals surface area contributed by atoms with Gasteiger partial charge in [-0.3, -0.25) is 4.79 Å². The van der Waals surface area contributed by atoms with Gasteiger partial charge in [-0.15, -0.1) is 0 Å². The second-order valence-corrected chi connectivity index (χ2v) is 6.38. The number of carbonyl (C=O) groups excluding carboxylic acids is 1. The molecular weight excluding hydrogens is 288 g/mol. The normalized spacial score (nSPS) is 16.2. The smallest absolute Gasteiger partial charge is 0.220 e. The molecule has 4 heteroatoms. The van der Waals surface area contributed by atoms with E-state index in [9.17, 15) is 4.79 Å². The maximum atomic E-state index is 11.4. The van der Waals surface area contributed by atoms with Gasteiger partial charge in [0.05, 0.1) is 6.61 Å². The van der Waals surface area contributed by atoms with Crippen molar-refractivity contribution in [2.75, 3.05) is 33.3 Å². The maximum Gasteiger partial charge on any atom is 0.220 e. The Balaban J connectivity index is 1.47. The van der Waals surface area contributed by atoms with Crippen molar-refractivity contribution >= 4 is 5.91 Å². The molecular formula is C19H30N2O2. The van der Waals surface area contributed by atoms with Crippen LogP contribution in [0.1, 0.15) is 38.5 Å². The summed E-state index contributed by atoms with van der Waals surface area (Å²) in [4.78, 5) is 13.9. The van der Waals surface area contributed by atoms with Gasteiger partial charge in [0, 0.05) is 13.5 Å². The van der Waals surface area contributed by atoms with Gasteiger partial charge in [0.1, 0.15) is 5.75 Å². The van der Waals surface area contributed by atoms with Crippen molar-refractivity contribution in [2.24, 2.45) is 5.92 Å². The number of nitrogens with zero attached hydrogens (tertiary/aromatic N) is 1. The predicted octanol–water partition coefficient (Wildman–Crippen LogP) is 3.08. The number of carbonyl (C=O) groups is 1. The minimum atomic E-state index is 0.182. The fraction of sp³-hybridized carbons (Fsp3) is 0.632. The van der Waals surface area contributed by atoms with Gasteiger partial charge in [-0.05, 0) is 69.8 Å². The van der Waals surface area contributed by atoms with Gasteiger partial charge in [-0.25, -0.2) is 0 Å². The monoisotopic (exact) mass is 318 g/mol. The van der Waals surface area contributed by atoms with E-state index in [0.29, 0.717) is 12.3 Å². The van der Waals surface area contributed by atoms with E-state index in [1.54, 1.807) is 7.05 Å². The number of ether oxygens (including phenoxy) is 1. The zero-order chi connectivity index (χ0) is 16.3. The first-order valence-electron chi connectivity index (χ1n) is 8.88. The number of unbranched alkanes of at least 4 members (excludes halogenated alkanes) is 2. The van der Waals surface area contributed by atoms with E-state index in [2.05, 4.69) is 10.2 Å². The molecule has 0 aliphatic carbocycles. The van der Waals surface area contributed by atoms with Crippen LogP contribution < -0.4 is 10.1 Å². The van der Waals surface area contributed by atoms with Crippen LogP contribution in [0.3, 0.4) is 0 Å². The Morgan fingerprint density at radius 1 is 1.17 bits per heavy atom. The topological polar surface area (TPSA) is 41.6 Å². The summed E-state index contributed by atoms with van der Waals surface area (Å²) in [6.45, 7) is 4.26. The lowest BCUT2D eigenvalue weighted by Crippen LogP contribution is -2.36. The van der Waals surface area contributed by atoms with Crippen LogP contribution >= 0.6 is 0 Å². The van der Waals surface area contributed by atoms with E-state index < -0.39 is 0 Å². The Morgan fingerprint density at radius 3 is 2.61 bits per heavy atom. The minimum Gasteiger partial charge on any atom is -0.494 e. The summed E-state index contributed by atoms with van der Waals surface area (Å²) in [7, 11) is 1.72. The lowest BCUT2D eigenvalue weighted by molar-refractivity contribution is -0.121. The van der Waals surface area contributed by atoms with Crippen molar-refractivity contribution < 1.29 is 9.53 Å². The highest BCUT2D eigenvalue weighted by Crippen LogP contribution is 2.20. The number of hydrogen-bond donors (Lipinski definition) is 1. The number of piperidine rings is 1. The Bertz CT molecular complexity index is 442. The standard InChI is InChI=1S/C19H30N2O2/c1-20-19(22)16-17-10-13-21(14-11-17)12-6-3-7-15-23-18-8-4-2-5-9-18/h2,4-5,8-9,17H,3,6-7,10-16H2,1H3,(H,20,22). The number of rotatable bonds is 9. The molecule has 1 N–H and O–H groups in total. The highest BCUT2D eigenvalue weighted by atomic mass is 16.5. The van der Waals surface area contributed by atoms with Gasteiger partial charge in [0.2, 0.25) is 5.91 Å². The van der Waals surface area contributed by atoms with E-state index in [1.807, 2.05) is 30.3 Å². The van der Waals surface area contributed by atoms with Crippen molar-refractivity contribution in [1.82, 2.24) is 10.2 Å². The number of amides is 1. The summed E-state index contributed by atoms with van der Waals surface area (Å²) in [6.07, 6.45) is 6.57. The first kappa shape index (κ1) is 17.8. The number of para-hydroxylation sites is 1. The van der Waals surface area contributed by atoms with Gasteiger partial charge in [-0.2, -0.15) is 0 Å². The largest absolute Gasteiger partial charge is 0.494 e. The van der Waals surface area contributed by atoms with Gasteiger partial charge in [0.25, 0.3) is 0 Å². The van der Waals surface area contributed by atoms with Crippen molar-refractivity contribution in [3.8, 4) is 5.75 Å². The van der Waals surface area contributed by atoms with E-state index in [1.165, 1.54) is 19.4 Å². The Labute approximate surface area is 140 Å². The molecule has 0 saturated carbocycles. The average molecular weight is 318 g/mol. The summed E-state index contributed by atoms with van der Waals surface area (Å²) in [5, 5.41) is 2.72. The quantitative estimate of drug-likeness (QED) is 0.712. The second-order valence-electron chi connectivity index (χ2n) is 6.38. The van der Waals surface area contributed by atoms with Gasteiger partial charge in [0.15, 0.2) is 0 Å². The van der Waals surface area contributed by atoms with E-state index in [-0.39, 0.29) is 5.91 Å². The van der Waals surface area contributed by atoms with Gasteiger partial charge >= 0.3 is 0 Å². The highest BCUT2D eigenvalue weighted by molar-refractivity contribution is 5.75. The lowest BCUT2D eigenvalue weighted by Gasteiger charge is -2.31. The Hall–Kier alpha value is -1.55. The van der Waals surface area contributed by atoms with Crippen LogP contribution in [-0.4, -0.2) is 44.1 Å². The number of nitrogens with one attached hydrogen (secondary N) is 1. The van der Waals surface area contributed by atoms with Crippen LogP contribution in [0.2, 0.25) is 0 Å². The third-order valence-electron chi connectivity index (χ3n) is 4.59. The Morgan fingerprint density at radius 2 is 1.91 bits per heavy atom. The van der Waals surface area contributed by atoms with Gasteiger partial charge in [-0.1, -0.05) is 18.2 Å². The number of likely N-dealkylation sites (tertiary alicyclic amines) is 1. The fourth-order valence-electron chi connectivity index (χ4n) is 3.10. The van der Waals surface area contributed by atoms with Crippen molar-refractivity contribution in [3.63, 3.8) is 0 Å². The molecule has 0 atom stereocenters. The molecule has 1 fully saturated rings. The Kier molecular flexibility index (Phi) is 7.95. The molecule has 4 nitrogen and oxygen atoms in total. The van der Waals surface area contributed by atoms with Crippen LogP contribution in [0.15, 0.2) is 30.3 Å². The van der Waals surface area contributed by atoms with Crippen LogP contribution in [-0.2, 0) is 4.79 Å². The fourth-order valence-corrected chi connectivity index (χ4v) is 3.10. The summed E-state index contributed by atoms with van der Waals surface area (Å²) >= 11 is 0. The first-order chi connectivity index (χ1) is 11.3. The first-order valence-corrected chi connectivity index (χ1v) is 8.88. The van der Waals surface area contributed by atoms with Crippen LogP contribution in [0.25, 0.3) is 0 Å². The van der Waals surface area contributed by atoms with Crippen LogP contribution in [0.4, 0.5) is 0 Å². The zero-order valence-corrected chi connectivity index (χ0v) is 14.3. The zero-order valence-electron chi connectivity index (χ0n) is 14.3.